The molecule has 0 spiro atoms. The minimum atomic E-state index is -0.224. The molecule has 0 amide bonds. The van der Waals surface area contributed by atoms with E-state index in [1.165, 1.54) is 6.07 Å². The van der Waals surface area contributed by atoms with Crippen molar-refractivity contribution in [1.29, 1.82) is 0 Å². The maximum absolute atomic E-state index is 13.5. The van der Waals surface area contributed by atoms with Gasteiger partial charge in [-0.05, 0) is 18.6 Å². The van der Waals surface area contributed by atoms with Crippen LogP contribution >= 0.6 is 11.8 Å². The van der Waals surface area contributed by atoms with Crippen molar-refractivity contribution < 1.29 is 4.39 Å². The average Bonchev–Trinajstić information content (AvgIpc) is 2.58. The molecule has 1 aliphatic rings. The SMILES string of the molecule is Cc1cccc(F)c1NC1=NCC(C)S1. The minimum absolute atomic E-state index is 0.224. The molecule has 0 saturated carbocycles. The van der Waals surface area contributed by atoms with E-state index in [0.29, 0.717) is 10.9 Å². The van der Waals surface area contributed by atoms with Gasteiger partial charge in [-0.15, -0.1) is 0 Å². The topological polar surface area (TPSA) is 24.4 Å². The number of hydrogen-bond donors (Lipinski definition) is 1. The summed E-state index contributed by atoms with van der Waals surface area (Å²) in [5.74, 6) is -0.224. The summed E-state index contributed by atoms with van der Waals surface area (Å²) in [5.41, 5.74) is 1.44. The molecule has 2 rings (SSSR count). The van der Waals surface area contributed by atoms with E-state index in [0.717, 1.165) is 17.3 Å². The number of thioether (sulfide) groups is 1. The van der Waals surface area contributed by atoms with Gasteiger partial charge >= 0.3 is 0 Å². The van der Waals surface area contributed by atoms with Gasteiger partial charge in [0.1, 0.15) is 5.82 Å². The molecule has 4 heteroatoms. The van der Waals surface area contributed by atoms with Crippen LogP contribution in [0.3, 0.4) is 0 Å². The third-order valence-electron chi connectivity index (χ3n) is 2.26. The zero-order valence-corrected chi connectivity index (χ0v) is 9.57. The quantitative estimate of drug-likeness (QED) is 0.793. The van der Waals surface area contributed by atoms with E-state index in [1.54, 1.807) is 17.8 Å². The first kappa shape index (κ1) is 10.5. The molecule has 0 saturated heterocycles. The number of aryl methyl sites for hydroxylation is 1. The Morgan fingerprint density at radius 2 is 2.33 bits per heavy atom. The molecule has 0 bridgehead atoms. The monoisotopic (exact) mass is 224 g/mol. The van der Waals surface area contributed by atoms with Crippen molar-refractivity contribution in [2.45, 2.75) is 19.1 Å². The van der Waals surface area contributed by atoms with E-state index in [9.17, 15) is 4.39 Å². The molecule has 1 heterocycles. The van der Waals surface area contributed by atoms with Gasteiger partial charge in [-0.1, -0.05) is 30.8 Å². The molecule has 15 heavy (non-hydrogen) atoms. The molecule has 0 fully saturated rings. The Bertz CT molecular complexity index is 383. The number of aliphatic imine (C=N–C) groups is 1. The van der Waals surface area contributed by atoms with E-state index in [1.807, 2.05) is 13.0 Å². The summed E-state index contributed by atoms with van der Waals surface area (Å²) in [6, 6.07) is 5.05. The van der Waals surface area contributed by atoms with Crippen LogP contribution in [-0.2, 0) is 0 Å². The van der Waals surface area contributed by atoms with Crippen molar-refractivity contribution in [1.82, 2.24) is 0 Å². The first-order chi connectivity index (χ1) is 7.16. The molecule has 1 N–H and O–H groups in total. The molecule has 1 aliphatic heterocycles. The van der Waals surface area contributed by atoms with E-state index in [2.05, 4.69) is 17.2 Å². The number of anilines is 1. The zero-order valence-electron chi connectivity index (χ0n) is 8.75. The second-order valence-electron chi connectivity index (χ2n) is 3.63. The molecular formula is C11H13FN2S. The van der Waals surface area contributed by atoms with Crippen molar-refractivity contribution in [3.63, 3.8) is 0 Å². The number of hydrogen-bond acceptors (Lipinski definition) is 3. The van der Waals surface area contributed by atoms with Crippen LogP contribution in [-0.4, -0.2) is 17.0 Å². The molecule has 1 unspecified atom stereocenters. The number of amidine groups is 1. The lowest BCUT2D eigenvalue weighted by Gasteiger charge is -2.09. The third-order valence-corrected chi connectivity index (χ3v) is 3.26. The standard InChI is InChI=1S/C11H13FN2S/c1-7-4-3-5-9(12)10(7)14-11-13-6-8(2)15-11/h3-5,8H,6H2,1-2H3,(H,13,14). The fraction of sp³-hybridized carbons (Fsp3) is 0.364. The predicted octanol–water partition coefficient (Wildman–Crippen LogP) is 3.04. The van der Waals surface area contributed by atoms with Crippen LogP contribution < -0.4 is 5.32 Å². The number of nitrogens with one attached hydrogen (secondary N) is 1. The highest BCUT2D eigenvalue weighted by molar-refractivity contribution is 8.15. The van der Waals surface area contributed by atoms with Gasteiger partial charge in [0.05, 0.1) is 12.2 Å². The first-order valence-corrected chi connectivity index (χ1v) is 5.78. The highest BCUT2D eigenvalue weighted by atomic mass is 32.2. The van der Waals surface area contributed by atoms with Gasteiger partial charge < -0.3 is 5.32 Å². The smallest absolute Gasteiger partial charge is 0.161 e. The number of benzene rings is 1. The lowest BCUT2D eigenvalue weighted by atomic mass is 10.2. The summed E-state index contributed by atoms with van der Waals surface area (Å²) in [7, 11) is 0. The fourth-order valence-electron chi connectivity index (χ4n) is 1.44. The molecular weight excluding hydrogens is 211 g/mol. The van der Waals surface area contributed by atoms with Crippen LogP contribution in [0.25, 0.3) is 0 Å². The van der Waals surface area contributed by atoms with Crippen LogP contribution in [0.15, 0.2) is 23.2 Å². The fourth-order valence-corrected chi connectivity index (χ4v) is 2.28. The number of halogens is 1. The van der Waals surface area contributed by atoms with Crippen LogP contribution in [0.1, 0.15) is 12.5 Å². The van der Waals surface area contributed by atoms with Gasteiger partial charge in [0.2, 0.25) is 0 Å². The molecule has 0 aromatic heterocycles. The summed E-state index contributed by atoms with van der Waals surface area (Å²) in [6.07, 6.45) is 0. The van der Waals surface area contributed by atoms with Gasteiger partial charge in [-0.3, -0.25) is 4.99 Å². The molecule has 0 radical (unpaired) electrons. The van der Waals surface area contributed by atoms with Gasteiger partial charge in [-0.25, -0.2) is 4.39 Å². The largest absolute Gasteiger partial charge is 0.332 e. The van der Waals surface area contributed by atoms with Crippen molar-refractivity contribution in [2.75, 3.05) is 11.9 Å². The average molecular weight is 224 g/mol. The van der Waals surface area contributed by atoms with Crippen molar-refractivity contribution in [2.24, 2.45) is 4.99 Å². The third kappa shape index (κ3) is 2.31. The van der Waals surface area contributed by atoms with Crippen molar-refractivity contribution in [3.05, 3.63) is 29.6 Å². The molecule has 1 aromatic carbocycles. The highest BCUT2D eigenvalue weighted by Crippen LogP contribution is 2.25. The summed E-state index contributed by atoms with van der Waals surface area (Å²) in [6.45, 7) is 4.80. The summed E-state index contributed by atoms with van der Waals surface area (Å²) in [5, 5.41) is 4.35. The molecule has 1 atom stereocenters. The Morgan fingerprint density at radius 3 is 2.93 bits per heavy atom. The number of rotatable bonds is 1. The van der Waals surface area contributed by atoms with Crippen LogP contribution in [0.4, 0.5) is 10.1 Å². The normalized spacial score (nSPS) is 20.2. The maximum Gasteiger partial charge on any atom is 0.161 e. The molecule has 1 aromatic rings. The van der Waals surface area contributed by atoms with Crippen LogP contribution in [0.2, 0.25) is 0 Å². The van der Waals surface area contributed by atoms with E-state index < -0.39 is 0 Å². The Hall–Kier alpha value is -1.03. The summed E-state index contributed by atoms with van der Waals surface area (Å²) >= 11 is 1.65. The second-order valence-corrected chi connectivity index (χ2v) is 5.06. The Balaban J connectivity index is 2.18. The van der Waals surface area contributed by atoms with Gasteiger partial charge in [0, 0.05) is 5.25 Å². The Morgan fingerprint density at radius 1 is 1.53 bits per heavy atom. The van der Waals surface area contributed by atoms with Crippen molar-refractivity contribution in [3.8, 4) is 0 Å². The lowest BCUT2D eigenvalue weighted by molar-refractivity contribution is 0.631. The second kappa shape index (κ2) is 4.23. The zero-order chi connectivity index (χ0) is 10.8. The van der Waals surface area contributed by atoms with Gasteiger partial charge in [-0.2, -0.15) is 0 Å². The first-order valence-electron chi connectivity index (χ1n) is 4.90. The number of para-hydroxylation sites is 1. The maximum atomic E-state index is 13.5. The van der Waals surface area contributed by atoms with E-state index in [-0.39, 0.29) is 5.82 Å². The summed E-state index contributed by atoms with van der Waals surface area (Å²) in [4.78, 5) is 4.30. The Labute approximate surface area is 93.0 Å². The number of nitrogens with zero attached hydrogens (tertiary/aromatic N) is 1. The van der Waals surface area contributed by atoms with Crippen molar-refractivity contribution >= 4 is 22.6 Å². The highest BCUT2D eigenvalue weighted by Gasteiger charge is 2.16. The van der Waals surface area contributed by atoms with Gasteiger partial charge in [0.15, 0.2) is 5.17 Å². The van der Waals surface area contributed by atoms with E-state index in [4.69, 9.17) is 0 Å². The lowest BCUT2D eigenvalue weighted by Crippen LogP contribution is -2.08. The summed E-state index contributed by atoms with van der Waals surface area (Å²) < 4.78 is 13.5. The van der Waals surface area contributed by atoms with Crippen LogP contribution in [0.5, 0.6) is 0 Å². The van der Waals surface area contributed by atoms with Crippen LogP contribution in [0, 0.1) is 12.7 Å². The van der Waals surface area contributed by atoms with Gasteiger partial charge in [0.25, 0.3) is 0 Å². The van der Waals surface area contributed by atoms with E-state index >= 15 is 0 Å². The minimum Gasteiger partial charge on any atom is -0.332 e. The predicted molar refractivity (Wildman–Crippen MR) is 64.1 cm³/mol. The molecule has 2 nitrogen and oxygen atoms in total. The Kier molecular flexibility index (Phi) is 2.95. The molecule has 80 valence electrons. The molecule has 0 aliphatic carbocycles.